The molecule has 7 nitrogen and oxygen atoms in total. The molecule has 0 atom stereocenters. The summed E-state index contributed by atoms with van der Waals surface area (Å²) in [6.45, 7) is 12.1. The van der Waals surface area contributed by atoms with Gasteiger partial charge in [0.1, 0.15) is 22.5 Å². The summed E-state index contributed by atoms with van der Waals surface area (Å²) in [5.74, 6) is -0.189. The Morgan fingerprint density at radius 1 is 1.16 bits per heavy atom. The Morgan fingerprint density at radius 2 is 1.81 bits per heavy atom. The average Bonchev–Trinajstić information content (AvgIpc) is 3.20. The number of aromatic hydroxyl groups is 1. The van der Waals surface area contributed by atoms with E-state index in [0.717, 1.165) is 35.2 Å². The van der Waals surface area contributed by atoms with Gasteiger partial charge in [0.2, 0.25) is 0 Å². The van der Waals surface area contributed by atoms with E-state index >= 15 is 0 Å². The zero-order chi connectivity index (χ0) is 22.4. The fourth-order valence-electron chi connectivity index (χ4n) is 3.38. The maximum atomic E-state index is 11.6. The highest BCUT2D eigenvalue weighted by Crippen LogP contribution is 2.30. The van der Waals surface area contributed by atoms with Gasteiger partial charge in [-0.1, -0.05) is 38.6 Å². The first-order valence-corrected chi connectivity index (χ1v) is 10.6. The molecule has 2 aromatic carbocycles. The molecule has 1 heterocycles. The summed E-state index contributed by atoms with van der Waals surface area (Å²) in [5, 5.41) is 20.1. The van der Waals surface area contributed by atoms with Gasteiger partial charge in [-0.25, -0.2) is 4.79 Å². The molecule has 3 aromatic rings. The van der Waals surface area contributed by atoms with Crippen LogP contribution >= 0.6 is 0 Å². The number of benzene rings is 2. The van der Waals surface area contributed by atoms with Crippen LogP contribution in [0.15, 0.2) is 48.6 Å². The Bertz CT molecular complexity index is 1040. The summed E-state index contributed by atoms with van der Waals surface area (Å²) < 4.78 is 5.21. The molecule has 0 saturated carbocycles. The Kier molecular flexibility index (Phi) is 7.41. The number of carbonyl (C=O) groups excluding carboxylic acids is 1. The van der Waals surface area contributed by atoms with Crippen LogP contribution in [0.25, 0.3) is 16.7 Å². The van der Waals surface area contributed by atoms with E-state index in [4.69, 9.17) is 4.74 Å². The van der Waals surface area contributed by atoms with Gasteiger partial charge in [0.05, 0.1) is 6.61 Å². The van der Waals surface area contributed by atoms with E-state index in [1.807, 2.05) is 36.4 Å². The molecule has 7 heteroatoms. The van der Waals surface area contributed by atoms with Crippen LogP contribution in [0, 0.1) is 0 Å². The monoisotopic (exact) mass is 422 g/mol. The predicted molar refractivity (Wildman–Crippen MR) is 121 cm³/mol. The largest absolute Gasteiger partial charge is 0.505 e. The zero-order valence-electron chi connectivity index (χ0n) is 18.5. The van der Waals surface area contributed by atoms with E-state index < -0.39 is 0 Å². The predicted octanol–water partition coefficient (Wildman–Crippen LogP) is 4.02. The molecule has 164 valence electrons. The molecule has 31 heavy (non-hydrogen) atoms. The normalized spacial score (nSPS) is 11.2. The van der Waals surface area contributed by atoms with Gasteiger partial charge in [0.25, 0.3) is 0 Å². The standard InChI is InChI=1S/C24H30N4O3/c1-5-27(6-2)16-19-14-18(10-9-13-31-24(30)17(3)4)15-22(23(19)29)28-25-20-11-7-8-12-21(20)26-28/h7-8,11-12,14-15,29H,3,5-6,9-10,13,16H2,1-2,4H3. The third kappa shape index (κ3) is 5.49. The molecule has 1 N–H and O–H groups in total. The minimum atomic E-state index is -0.374. The van der Waals surface area contributed by atoms with Gasteiger partial charge in [0, 0.05) is 17.7 Å². The highest BCUT2D eigenvalue weighted by molar-refractivity contribution is 5.86. The Labute approximate surface area is 182 Å². The van der Waals surface area contributed by atoms with E-state index in [1.165, 1.54) is 4.80 Å². The molecular weight excluding hydrogens is 392 g/mol. The molecule has 0 aliphatic heterocycles. The lowest BCUT2D eigenvalue weighted by Gasteiger charge is -2.20. The first-order chi connectivity index (χ1) is 14.9. The molecule has 3 rings (SSSR count). The molecule has 0 aliphatic carbocycles. The first-order valence-electron chi connectivity index (χ1n) is 10.6. The molecule has 0 aliphatic rings. The van der Waals surface area contributed by atoms with Gasteiger partial charge in [0.15, 0.2) is 0 Å². The molecule has 0 fully saturated rings. The summed E-state index contributed by atoms with van der Waals surface area (Å²) in [7, 11) is 0. The number of phenols is 1. The molecule has 0 unspecified atom stereocenters. The zero-order valence-corrected chi connectivity index (χ0v) is 18.5. The number of fused-ring (bicyclic) bond motifs is 1. The Balaban J connectivity index is 1.90. The molecular formula is C24H30N4O3. The van der Waals surface area contributed by atoms with Gasteiger partial charge in [-0.2, -0.15) is 0 Å². The number of nitrogens with zero attached hydrogens (tertiary/aromatic N) is 4. The van der Waals surface area contributed by atoms with Gasteiger partial charge >= 0.3 is 5.97 Å². The summed E-state index contributed by atoms with van der Waals surface area (Å²) in [5.41, 5.74) is 4.34. The second kappa shape index (κ2) is 10.2. The number of aryl methyl sites for hydroxylation is 1. The van der Waals surface area contributed by atoms with Crippen molar-refractivity contribution in [3.63, 3.8) is 0 Å². The molecule has 0 spiro atoms. The lowest BCUT2D eigenvalue weighted by Crippen LogP contribution is -2.22. The number of ether oxygens (including phenoxy) is 1. The topological polar surface area (TPSA) is 80.5 Å². The molecule has 1 aromatic heterocycles. The molecule has 0 amide bonds. The fourth-order valence-corrected chi connectivity index (χ4v) is 3.38. The van der Waals surface area contributed by atoms with Crippen LogP contribution in [-0.2, 0) is 22.5 Å². The maximum absolute atomic E-state index is 11.6. The van der Waals surface area contributed by atoms with Crippen molar-refractivity contribution in [1.82, 2.24) is 19.9 Å². The quantitative estimate of drug-likeness (QED) is 0.302. The smallest absolute Gasteiger partial charge is 0.333 e. The fraction of sp³-hybridized carbons (Fsp3) is 0.375. The van der Waals surface area contributed by atoms with Crippen molar-refractivity contribution in [2.75, 3.05) is 19.7 Å². The number of phenolic OH excluding ortho intramolecular Hbond substituents is 1. The summed E-state index contributed by atoms with van der Waals surface area (Å²) in [4.78, 5) is 15.3. The first kappa shape index (κ1) is 22.5. The Hall–Kier alpha value is -3.19. The second-order valence-electron chi connectivity index (χ2n) is 7.58. The molecule has 0 bridgehead atoms. The van der Waals surface area contributed by atoms with E-state index in [0.29, 0.717) is 37.3 Å². The number of rotatable bonds is 10. The van der Waals surface area contributed by atoms with Crippen LogP contribution in [-0.4, -0.2) is 50.7 Å². The van der Waals surface area contributed by atoms with E-state index in [1.54, 1.807) is 6.92 Å². The van der Waals surface area contributed by atoms with Crippen molar-refractivity contribution in [2.24, 2.45) is 0 Å². The lowest BCUT2D eigenvalue weighted by molar-refractivity contribution is -0.139. The highest BCUT2D eigenvalue weighted by atomic mass is 16.5. The van der Waals surface area contributed by atoms with Crippen molar-refractivity contribution < 1.29 is 14.6 Å². The van der Waals surface area contributed by atoms with Crippen LogP contribution in [0.1, 0.15) is 38.3 Å². The number of esters is 1. The van der Waals surface area contributed by atoms with Crippen molar-refractivity contribution in [3.05, 3.63) is 59.7 Å². The summed E-state index contributed by atoms with van der Waals surface area (Å²) in [6, 6.07) is 11.5. The summed E-state index contributed by atoms with van der Waals surface area (Å²) in [6.07, 6.45) is 1.37. The average molecular weight is 423 g/mol. The lowest BCUT2D eigenvalue weighted by atomic mass is 10.0. The molecule has 0 saturated heterocycles. The number of hydrogen-bond acceptors (Lipinski definition) is 6. The van der Waals surface area contributed by atoms with Crippen LogP contribution in [0.4, 0.5) is 0 Å². The SMILES string of the molecule is C=C(C)C(=O)OCCCc1cc(CN(CC)CC)c(O)c(-n2nc3ccccc3n2)c1. The maximum Gasteiger partial charge on any atom is 0.333 e. The van der Waals surface area contributed by atoms with Crippen molar-refractivity contribution in [1.29, 1.82) is 0 Å². The van der Waals surface area contributed by atoms with Gasteiger partial charge < -0.3 is 9.84 Å². The number of aromatic nitrogens is 3. The Morgan fingerprint density at radius 3 is 2.39 bits per heavy atom. The second-order valence-corrected chi connectivity index (χ2v) is 7.58. The van der Waals surface area contributed by atoms with Crippen LogP contribution in [0.3, 0.4) is 0 Å². The minimum Gasteiger partial charge on any atom is -0.505 e. The van der Waals surface area contributed by atoms with Crippen LogP contribution in [0.2, 0.25) is 0 Å². The van der Waals surface area contributed by atoms with E-state index in [-0.39, 0.29) is 11.7 Å². The minimum absolute atomic E-state index is 0.185. The third-order valence-corrected chi connectivity index (χ3v) is 5.21. The van der Waals surface area contributed by atoms with Gasteiger partial charge in [-0.15, -0.1) is 15.0 Å². The van der Waals surface area contributed by atoms with Crippen molar-refractivity contribution in [3.8, 4) is 11.4 Å². The number of hydrogen-bond donors (Lipinski definition) is 1. The van der Waals surface area contributed by atoms with Crippen molar-refractivity contribution in [2.45, 2.75) is 40.2 Å². The van der Waals surface area contributed by atoms with Crippen LogP contribution in [0.5, 0.6) is 5.75 Å². The molecule has 0 radical (unpaired) electrons. The summed E-state index contributed by atoms with van der Waals surface area (Å²) >= 11 is 0. The third-order valence-electron chi connectivity index (χ3n) is 5.21. The van der Waals surface area contributed by atoms with E-state index in [9.17, 15) is 9.90 Å². The number of carbonyl (C=O) groups is 1. The van der Waals surface area contributed by atoms with E-state index in [2.05, 4.69) is 35.5 Å². The van der Waals surface area contributed by atoms with Crippen LogP contribution < -0.4 is 0 Å². The van der Waals surface area contributed by atoms with Gasteiger partial charge in [-0.05, 0) is 56.6 Å². The van der Waals surface area contributed by atoms with Crippen molar-refractivity contribution >= 4 is 17.0 Å². The van der Waals surface area contributed by atoms with Gasteiger partial charge in [-0.3, -0.25) is 4.90 Å². The highest BCUT2D eigenvalue weighted by Gasteiger charge is 2.16.